The van der Waals surface area contributed by atoms with Crippen LogP contribution in [0.25, 0.3) is 46.4 Å². The fourth-order valence-electron chi connectivity index (χ4n) is 6.62. The Balaban J connectivity index is 0.000000183. The van der Waals surface area contributed by atoms with Crippen LogP contribution < -0.4 is 18.0 Å². The van der Waals surface area contributed by atoms with Crippen LogP contribution in [0.4, 0.5) is 0 Å². The van der Waals surface area contributed by atoms with Gasteiger partial charge in [-0.25, -0.2) is 9.97 Å². The molecule has 7 aromatic rings. The van der Waals surface area contributed by atoms with Crippen LogP contribution in [0, 0.1) is 0 Å². The summed E-state index contributed by atoms with van der Waals surface area (Å²) in [5.41, 5.74) is 8.16. The topological polar surface area (TPSA) is 207 Å². The molecule has 0 amide bonds. The zero-order valence-corrected chi connectivity index (χ0v) is 32.9. The third-order valence-corrected chi connectivity index (χ3v) is 14.5. The molecule has 2 aliphatic heterocycles. The zero-order chi connectivity index (χ0) is 42.7. The van der Waals surface area contributed by atoms with Gasteiger partial charge in [0, 0.05) is 22.1 Å². The van der Waals surface area contributed by atoms with Crippen molar-refractivity contribution >= 4 is 88.2 Å². The minimum absolute atomic E-state index is 0.0743. The number of aromatic amines is 2. The fraction of sp³-hybridized carbons (Fsp3) is 0. The average Bonchev–Trinajstić information content (AvgIpc) is 4.10. The molecule has 6 N–H and O–H groups in total. The Kier molecular flexibility index (Phi) is 10.8. The van der Waals surface area contributed by atoms with E-state index in [9.17, 15) is 39.6 Å². The van der Waals surface area contributed by atoms with Gasteiger partial charge in [-0.15, -0.1) is 0 Å². The molecule has 0 aliphatic carbocycles. The van der Waals surface area contributed by atoms with Crippen molar-refractivity contribution in [1.82, 2.24) is 19.9 Å². The first-order valence-corrected chi connectivity index (χ1v) is 20.6. The van der Waals surface area contributed by atoms with E-state index in [2.05, 4.69) is 44.2 Å². The number of rotatable bonds is 8. The molecule has 61 heavy (non-hydrogen) atoms. The summed E-state index contributed by atoms with van der Waals surface area (Å²) < 4.78 is 2.85. The number of carbonyl (C=O) groups is 4. The summed E-state index contributed by atoms with van der Waals surface area (Å²) in [5.74, 6) is -4.40. The Hall–Kier alpha value is -8.13. The molecule has 3 aromatic heterocycles. The summed E-state index contributed by atoms with van der Waals surface area (Å²) in [6.07, 6.45) is 8.09. The number of nitrogens with zero attached hydrogens (tertiary/aromatic N) is 2. The zero-order valence-electron chi connectivity index (χ0n) is 31.8. The summed E-state index contributed by atoms with van der Waals surface area (Å²) in [7, 11) is 0. The van der Waals surface area contributed by atoms with E-state index >= 15 is 0 Å². The number of hydrogen-bond donors (Lipinski definition) is 6. The molecule has 12 nitrogen and oxygen atoms in total. The average molecular weight is 854 g/mol. The van der Waals surface area contributed by atoms with Crippen molar-refractivity contribution < 1.29 is 52.2 Å². The first-order valence-electron chi connectivity index (χ1n) is 18.5. The summed E-state index contributed by atoms with van der Waals surface area (Å²) in [5, 5.41) is 37.7. The molecule has 303 valence electrons. The minimum atomic E-state index is -2.85. The molecule has 0 saturated carbocycles. The molecule has 0 fully saturated rings. The first-order chi connectivity index (χ1) is 29.4. The Bertz CT molecular complexity index is 2670. The number of benzene rings is 4. The normalized spacial score (nSPS) is 11.9. The maximum atomic E-state index is 11.5. The molecular weight excluding hydrogens is 819 g/mol. The van der Waals surface area contributed by atoms with Crippen molar-refractivity contribution in [3.63, 3.8) is 0 Å². The van der Waals surface area contributed by atoms with Gasteiger partial charge in [0.25, 0.3) is 0 Å². The Morgan fingerprint density at radius 3 is 0.754 bits per heavy atom. The van der Waals surface area contributed by atoms with Crippen molar-refractivity contribution in [2.45, 2.75) is 0 Å². The van der Waals surface area contributed by atoms with E-state index in [1.54, 1.807) is 48.5 Å². The van der Waals surface area contributed by atoms with Crippen LogP contribution in [0.5, 0.6) is 0 Å². The molecule has 8 bridgehead atoms. The molecule has 5 heterocycles. The van der Waals surface area contributed by atoms with Gasteiger partial charge >= 0.3 is 213 Å². The Morgan fingerprint density at radius 1 is 0.344 bits per heavy atom. The molecule has 0 spiro atoms. The van der Waals surface area contributed by atoms with Crippen LogP contribution in [-0.4, -0.2) is 64.2 Å². The van der Waals surface area contributed by atoms with Gasteiger partial charge in [-0.05, 0) is 72.8 Å². The number of hydrogen-bond acceptors (Lipinski definition) is 6. The van der Waals surface area contributed by atoms with Crippen LogP contribution >= 0.6 is 0 Å². The van der Waals surface area contributed by atoms with Crippen LogP contribution in [-0.2, 0) is 12.6 Å². The van der Waals surface area contributed by atoms with Gasteiger partial charge < -0.3 is 9.97 Å². The van der Waals surface area contributed by atoms with E-state index in [1.165, 1.54) is 48.5 Å². The number of carboxylic acids is 4. The summed E-state index contributed by atoms with van der Waals surface area (Å²) in [4.78, 5) is 62.1. The van der Waals surface area contributed by atoms with Crippen LogP contribution in [0.3, 0.4) is 0 Å². The van der Waals surface area contributed by atoms with Gasteiger partial charge in [0.1, 0.15) is 0 Å². The molecule has 13 heteroatoms. The number of fused-ring (bicyclic) bond motifs is 8. The maximum absolute atomic E-state index is 11.5. The molecule has 0 saturated heterocycles. The van der Waals surface area contributed by atoms with Crippen LogP contribution in [0.2, 0.25) is 0 Å². The van der Waals surface area contributed by atoms with Gasteiger partial charge in [0.2, 0.25) is 0 Å². The van der Waals surface area contributed by atoms with E-state index in [4.69, 9.17) is 0 Å². The second-order valence-corrected chi connectivity index (χ2v) is 17.5. The van der Waals surface area contributed by atoms with Crippen LogP contribution in [0.1, 0.15) is 64.2 Å². The van der Waals surface area contributed by atoms with Crippen molar-refractivity contribution in [2.24, 2.45) is 0 Å². The van der Waals surface area contributed by atoms with Crippen molar-refractivity contribution in [3.8, 4) is 0 Å². The predicted octanol–water partition coefficient (Wildman–Crippen LogP) is 6.89. The Morgan fingerprint density at radius 2 is 0.557 bits per heavy atom. The van der Waals surface area contributed by atoms with E-state index in [-0.39, 0.29) is 22.3 Å². The second kappa shape index (κ2) is 16.6. The van der Waals surface area contributed by atoms with E-state index < -0.39 is 36.5 Å². The van der Waals surface area contributed by atoms with E-state index in [0.29, 0.717) is 18.0 Å². The second-order valence-electron chi connectivity index (χ2n) is 13.6. The first kappa shape index (κ1) is 39.7. The van der Waals surface area contributed by atoms with Gasteiger partial charge in [-0.1, -0.05) is 0 Å². The monoisotopic (exact) mass is 853 g/mol. The number of aromatic carboxylic acids is 4. The molecule has 0 radical (unpaired) electrons. The van der Waals surface area contributed by atoms with Crippen molar-refractivity contribution in [2.75, 3.05) is 0 Å². The number of nitrogens with one attached hydrogen (secondary N) is 2. The molecule has 2 aliphatic rings. The fourth-order valence-corrected chi connectivity index (χ4v) is 11.5. The number of H-pyrrole nitrogens is 2. The van der Waals surface area contributed by atoms with Crippen molar-refractivity contribution in [1.29, 1.82) is 0 Å². The van der Waals surface area contributed by atoms with E-state index in [0.717, 1.165) is 44.8 Å². The van der Waals surface area contributed by atoms with Crippen molar-refractivity contribution in [3.05, 3.63) is 191 Å². The number of aromatic nitrogens is 4. The molecule has 0 unspecified atom stereocenters. The number of carboxylic acid groups (broad SMARTS) is 4. The quantitative estimate of drug-likeness (QED) is 0.0934. The van der Waals surface area contributed by atoms with Crippen LogP contribution in [0.15, 0.2) is 146 Å². The third kappa shape index (κ3) is 8.41. The van der Waals surface area contributed by atoms with Gasteiger partial charge in [0.15, 0.2) is 0 Å². The SMILES string of the molecule is C1=Cc2cc3ccc(cc4nc(cc5ccc(cc1n2)[nH]5)C=C4)[nH]3.O=C(O)c1cc[c]([Co]([c]2ccc(C(=O)O)cc2)([c]2ccc(C(=O)O)cc2)[c]2ccc(C(=O)O)cc2)cc1. The van der Waals surface area contributed by atoms with Gasteiger partial charge in [0.05, 0.1) is 22.8 Å². The standard InChI is InChI=1S/C20H14N4.4C7H5O2.Co/c1-2-14-10-16-5-6-18(23-16)12-20-8-7-19(24-20)11-17-4-3-15(22-17)9-13(1)21-14;4*8-7(9)6-4-2-1-3-5-6;/h1-12,21,24H;4*2-5H,(H,8,9);. The van der Waals surface area contributed by atoms with E-state index in [1.807, 2.05) is 48.6 Å². The summed E-state index contributed by atoms with van der Waals surface area (Å²) >= 11 is -2.85. The van der Waals surface area contributed by atoms with Gasteiger partial charge in [-0.2, -0.15) is 0 Å². The summed E-state index contributed by atoms with van der Waals surface area (Å²) in [6, 6.07) is 41.5. The molecular formula is C48H34CoN4O8. The Labute approximate surface area is 349 Å². The third-order valence-electron chi connectivity index (χ3n) is 9.50. The van der Waals surface area contributed by atoms with Gasteiger partial charge in [-0.3, -0.25) is 0 Å². The molecule has 0 atom stereocenters. The molecule has 9 rings (SSSR count). The predicted molar refractivity (Wildman–Crippen MR) is 231 cm³/mol. The summed E-state index contributed by atoms with van der Waals surface area (Å²) in [6.45, 7) is 0. The molecule has 4 aromatic carbocycles.